The summed E-state index contributed by atoms with van der Waals surface area (Å²) < 4.78 is 11.2. The fraction of sp³-hybridized carbons (Fsp3) is 0.571. The smallest absolute Gasteiger partial charge is 0.141 e. The van der Waals surface area contributed by atoms with Gasteiger partial charge in [-0.2, -0.15) is 0 Å². The summed E-state index contributed by atoms with van der Waals surface area (Å²) in [5.41, 5.74) is 2.28. The Labute approximate surface area is 114 Å². The maximum absolute atomic E-state index is 6.20. The molecule has 4 heteroatoms. The minimum atomic E-state index is 0.707. The zero-order chi connectivity index (χ0) is 13.0. The predicted molar refractivity (Wildman–Crippen MR) is 72.8 cm³/mol. The number of nitrogens with one attached hydrogen (secondary N) is 1. The normalized spacial score (nSPS) is 16.8. The molecule has 1 fully saturated rings. The topological polar surface area (TPSA) is 22.9 Å². The zero-order valence-corrected chi connectivity index (χ0v) is 11.8. The molecule has 3 nitrogen and oxygen atoms in total. The average Bonchev–Trinajstić information content (AvgIpc) is 2.34. The lowest BCUT2D eigenvalue weighted by molar-refractivity contribution is -0.908. The lowest BCUT2D eigenvalue weighted by atomic mass is 10.1. The van der Waals surface area contributed by atoms with Gasteiger partial charge in [0.1, 0.15) is 32.0 Å². The summed E-state index contributed by atoms with van der Waals surface area (Å²) in [4.78, 5) is 1.54. The molecule has 0 radical (unpaired) electrons. The van der Waals surface area contributed by atoms with E-state index < -0.39 is 0 Å². The van der Waals surface area contributed by atoms with Crippen LogP contribution in [0, 0.1) is 13.8 Å². The van der Waals surface area contributed by atoms with E-state index >= 15 is 0 Å². The Bertz CT molecular complexity index is 380. The number of morpholine rings is 1. The highest BCUT2D eigenvalue weighted by Crippen LogP contribution is 2.29. The Morgan fingerprint density at radius 1 is 1.28 bits per heavy atom. The van der Waals surface area contributed by atoms with Gasteiger partial charge in [-0.3, -0.25) is 0 Å². The van der Waals surface area contributed by atoms with Gasteiger partial charge in [0.05, 0.1) is 18.2 Å². The SMILES string of the molecule is Cc1cc(C)c(OCC[NH+]2CCOCC2)c(Cl)c1. The van der Waals surface area contributed by atoms with E-state index in [2.05, 4.69) is 6.07 Å². The van der Waals surface area contributed by atoms with Gasteiger partial charge in [0, 0.05) is 0 Å². The van der Waals surface area contributed by atoms with Crippen molar-refractivity contribution in [3.05, 3.63) is 28.3 Å². The third-order valence-electron chi connectivity index (χ3n) is 3.28. The van der Waals surface area contributed by atoms with Crippen molar-refractivity contribution in [1.82, 2.24) is 0 Å². The minimum Gasteiger partial charge on any atom is -0.486 e. The van der Waals surface area contributed by atoms with Crippen molar-refractivity contribution in [1.29, 1.82) is 0 Å². The Morgan fingerprint density at radius 3 is 2.67 bits per heavy atom. The number of hydrogen-bond donors (Lipinski definition) is 1. The molecule has 1 aromatic rings. The number of benzene rings is 1. The second kappa shape index (κ2) is 6.41. The average molecular weight is 271 g/mol. The van der Waals surface area contributed by atoms with E-state index in [1.807, 2.05) is 19.9 Å². The van der Waals surface area contributed by atoms with E-state index in [4.69, 9.17) is 21.1 Å². The van der Waals surface area contributed by atoms with Gasteiger partial charge in [-0.15, -0.1) is 0 Å². The number of rotatable bonds is 4. The highest BCUT2D eigenvalue weighted by Gasteiger charge is 2.14. The van der Waals surface area contributed by atoms with Crippen LogP contribution in [-0.2, 0) is 4.74 Å². The number of halogens is 1. The van der Waals surface area contributed by atoms with Crippen LogP contribution >= 0.6 is 11.6 Å². The second-order valence-electron chi connectivity index (χ2n) is 4.85. The molecule has 1 aliphatic heterocycles. The molecule has 0 spiro atoms. The second-order valence-corrected chi connectivity index (χ2v) is 5.26. The molecular formula is C14H21ClNO2+. The Hall–Kier alpha value is -0.770. The summed E-state index contributed by atoms with van der Waals surface area (Å²) in [6, 6.07) is 4.05. The van der Waals surface area contributed by atoms with Crippen LogP contribution in [-0.4, -0.2) is 39.5 Å². The van der Waals surface area contributed by atoms with Gasteiger partial charge in [0.15, 0.2) is 0 Å². The van der Waals surface area contributed by atoms with E-state index in [-0.39, 0.29) is 0 Å². The van der Waals surface area contributed by atoms with E-state index in [1.54, 1.807) is 4.90 Å². The third kappa shape index (κ3) is 3.61. The van der Waals surface area contributed by atoms with Crippen molar-refractivity contribution < 1.29 is 14.4 Å². The summed E-state index contributed by atoms with van der Waals surface area (Å²) in [6.45, 7) is 9.66. The lowest BCUT2D eigenvalue weighted by Crippen LogP contribution is -3.14. The van der Waals surface area contributed by atoms with Crippen LogP contribution in [0.15, 0.2) is 12.1 Å². The zero-order valence-electron chi connectivity index (χ0n) is 11.1. The van der Waals surface area contributed by atoms with E-state index in [9.17, 15) is 0 Å². The first-order chi connectivity index (χ1) is 8.66. The molecule has 18 heavy (non-hydrogen) atoms. The van der Waals surface area contributed by atoms with Gasteiger partial charge in [0.25, 0.3) is 0 Å². The van der Waals surface area contributed by atoms with Gasteiger partial charge in [-0.05, 0) is 31.0 Å². The van der Waals surface area contributed by atoms with Crippen LogP contribution in [0.3, 0.4) is 0 Å². The van der Waals surface area contributed by atoms with Crippen molar-refractivity contribution in [3.63, 3.8) is 0 Å². The molecule has 2 rings (SSSR count). The van der Waals surface area contributed by atoms with Gasteiger partial charge >= 0.3 is 0 Å². The maximum atomic E-state index is 6.20. The van der Waals surface area contributed by atoms with Gasteiger partial charge in [-0.1, -0.05) is 17.7 Å². The lowest BCUT2D eigenvalue weighted by Gasteiger charge is -2.23. The summed E-state index contributed by atoms with van der Waals surface area (Å²) in [7, 11) is 0. The minimum absolute atomic E-state index is 0.707. The third-order valence-corrected chi connectivity index (χ3v) is 3.56. The molecule has 1 aromatic carbocycles. The van der Waals surface area contributed by atoms with Crippen LogP contribution < -0.4 is 9.64 Å². The number of ether oxygens (including phenoxy) is 2. The maximum Gasteiger partial charge on any atom is 0.141 e. The number of quaternary nitrogens is 1. The summed E-state index contributed by atoms with van der Waals surface area (Å²) in [5, 5.41) is 0.712. The van der Waals surface area contributed by atoms with Crippen LogP contribution in [0.1, 0.15) is 11.1 Å². The summed E-state index contributed by atoms with van der Waals surface area (Å²) in [5.74, 6) is 0.829. The van der Waals surface area contributed by atoms with Gasteiger partial charge < -0.3 is 14.4 Å². The summed E-state index contributed by atoms with van der Waals surface area (Å²) >= 11 is 6.20. The van der Waals surface area contributed by atoms with Crippen LogP contribution in [0.25, 0.3) is 0 Å². The highest BCUT2D eigenvalue weighted by atomic mass is 35.5. The first-order valence-electron chi connectivity index (χ1n) is 6.47. The Morgan fingerprint density at radius 2 is 2.00 bits per heavy atom. The van der Waals surface area contributed by atoms with Crippen molar-refractivity contribution in [2.45, 2.75) is 13.8 Å². The molecule has 0 atom stereocenters. The summed E-state index contributed by atoms with van der Waals surface area (Å²) in [6.07, 6.45) is 0. The molecule has 0 aliphatic carbocycles. The molecule has 1 N–H and O–H groups in total. The fourth-order valence-electron chi connectivity index (χ4n) is 2.29. The molecule has 0 unspecified atom stereocenters. The first kappa shape index (κ1) is 13.7. The van der Waals surface area contributed by atoms with Crippen LogP contribution in [0.2, 0.25) is 5.02 Å². The van der Waals surface area contributed by atoms with Crippen molar-refractivity contribution in [2.75, 3.05) is 39.5 Å². The monoisotopic (exact) mass is 270 g/mol. The molecule has 100 valence electrons. The number of hydrogen-bond acceptors (Lipinski definition) is 2. The molecule has 1 heterocycles. The predicted octanol–water partition coefficient (Wildman–Crippen LogP) is 1.25. The molecule has 1 aliphatic rings. The van der Waals surface area contributed by atoms with E-state index in [1.165, 1.54) is 5.56 Å². The number of aryl methyl sites for hydroxylation is 2. The Balaban J connectivity index is 1.86. The van der Waals surface area contributed by atoms with Gasteiger partial charge in [-0.25, -0.2) is 0 Å². The Kier molecular flexibility index (Phi) is 4.87. The molecule has 0 aromatic heterocycles. The molecule has 0 saturated carbocycles. The van der Waals surface area contributed by atoms with Crippen molar-refractivity contribution in [2.24, 2.45) is 0 Å². The molecule has 0 amide bonds. The first-order valence-corrected chi connectivity index (χ1v) is 6.85. The largest absolute Gasteiger partial charge is 0.486 e. The molecule has 1 saturated heterocycles. The van der Waals surface area contributed by atoms with Crippen molar-refractivity contribution >= 4 is 11.6 Å². The van der Waals surface area contributed by atoms with Crippen LogP contribution in [0.4, 0.5) is 0 Å². The van der Waals surface area contributed by atoms with Crippen LogP contribution in [0.5, 0.6) is 5.75 Å². The highest BCUT2D eigenvalue weighted by molar-refractivity contribution is 6.32. The standard InChI is InChI=1S/C14H20ClNO2/c1-11-9-12(2)14(13(15)10-11)18-8-5-16-3-6-17-7-4-16/h9-10H,3-8H2,1-2H3/p+1. The van der Waals surface area contributed by atoms with Gasteiger partial charge in [0.2, 0.25) is 0 Å². The fourth-order valence-corrected chi connectivity index (χ4v) is 2.67. The van der Waals surface area contributed by atoms with Crippen molar-refractivity contribution in [3.8, 4) is 5.75 Å². The van der Waals surface area contributed by atoms with E-state index in [0.29, 0.717) is 11.6 Å². The van der Waals surface area contributed by atoms with E-state index in [0.717, 1.165) is 44.2 Å². The molecular weight excluding hydrogens is 250 g/mol. The quantitative estimate of drug-likeness (QED) is 0.890. The molecule has 0 bridgehead atoms.